The van der Waals surface area contributed by atoms with E-state index >= 15 is 0 Å². The molecule has 0 unspecified atom stereocenters. The molecule has 1 atom stereocenters. The fourth-order valence-corrected chi connectivity index (χ4v) is 5.17. The summed E-state index contributed by atoms with van der Waals surface area (Å²) < 4.78 is 0. The van der Waals surface area contributed by atoms with Crippen LogP contribution in [-0.4, -0.2) is 52.1 Å². The number of nitrogens with one attached hydrogen (secondary N) is 1. The van der Waals surface area contributed by atoms with E-state index in [0.29, 0.717) is 29.0 Å². The number of nitrogens with zero attached hydrogens (tertiary/aromatic N) is 2. The van der Waals surface area contributed by atoms with Crippen molar-refractivity contribution in [2.24, 2.45) is 0 Å². The molecule has 0 bridgehead atoms. The van der Waals surface area contributed by atoms with E-state index in [9.17, 15) is 19.2 Å². The highest BCUT2D eigenvalue weighted by Crippen LogP contribution is 2.24. The second-order valence-electron chi connectivity index (χ2n) is 9.47. The van der Waals surface area contributed by atoms with Gasteiger partial charge in [0.05, 0.1) is 11.1 Å². The average Bonchev–Trinajstić information content (AvgIpc) is 3.47. The first kappa shape index (κ1) is 25.9. The number of fused-ring (bicyclic) bond motifs is 1. The SMILES string of the molecule is CC[C@@H](C(=O)NC1CCCC1)N(Cc1ccc(Cl)cc1)C(=O)CCCN1C(=O)c2ccccc2C1=O. The maximum Gasteiger partial charge on any atom is 0.261 e. The predicted octanol–water partition coefficient (Wildman–Crippen LogP) is 4.58. The molecule has 4 amide bonds. The van der Waals surface area contributed by atoms with Gasteiger partial charge in [-0.1, -0.05) is 55.6 Å². The molecule has 0 radical (unpaired) electrons. The third-order valence-electron chi connectivity index (χ3n) is 7.00. The summed E-state index contributed by atoms with van der Waals surface area (Å²) in [6.45, 7) is 2.33. The number of amides is 4. The molecule has 1 fully saturated rings. The lowest BCUT2D eigenvalue weighted by Crippen LogP contribution is -2.51. The lowest BCUT2D eigenvalue weighted by atomic mass is 10.1. The summed E-state index contributed by atoms with van der Waals surface area (Å²) in [6.07, 6.45) is 5.06. The summed E-state index contributed by atoms with van der Waals surface area (Å²) >= 11 is 6.03. The Hall–Kier alpha value is -3.19. The number of benzene rings is 2. The van der Waals surface area contributed by atoms with E-state index in [1.165, 1.54) is 4.90 Å². The molecule has 1 aliphatic heterocycles. The molecule has 36 heavy (non-hydrogen) atoms. The van der Waals surface area contributed by atoms with Gasteiger partial charge < -0.3 is 10.2 Å². The number of hydrogen-bond acceptors (Lipinski definition) is 4. The van der Waals surface area contributed by atoms with E-state index in [2.05, 4.69) is 5.32 Å². The highest BCUT2D eigenvalue weighted by Gasteiger charge is 2.35. The number of hydrogen-bond donors (Lipinski definition) is 1. The largest absolute Gasteiger partial charge is 0.352 e. The summed E-state index contributed by atoms with van der Waals surface area (Å²) in [7, 11) is 0. The molecule has 1 aliphatic carbocycles. The molecule has 2 aliphatic rings. The molecule has 0 spiro atoms. The van der Waals surface area contributed by atoms with Crippen LogP contribution in [0, 0.1) is 0 Å². The summed E-state index contributed by atoms with van der Waals surface area (Å²) in [5.41, 5.74) is 1.67. The zero-order chi connectivity index (χ0) is 25.7. The zero-order valence-electron chi connectivity index (χ0n) is 20.5. The fraction of sp³-hybridized carbons (Fsp3) is 0.429. The minimum absolute atomic E-state index is 0.119. The Kier molecular flexibility index (Phi) is 8.41. The summed E-state index contributed by atoms with van der Waals surface area (Å²) in [5.74, 6) is -0.978. The molecule has 7 nitrogen and oxygen atoms in total. The van der Waals surface area contributed by atoms with Gasteiger partial charge in [-0.3, -0.25) is 24.1 Å². The highest BCUT2D eigenvalue weighted by molar-refractivity contribution is 6.30. The molecule has 1 saturated carbocycles. The van der Waals surface area contributed by atoms with Crippen molar-refractivity contribution in [2.45, 2.75) is 70.5 Å². The Labute approximate surface area is 216 Å². The van der Waals surface area contributed by atoms with Gasteiger partial charge in [-0.2, -0.15) is 0 Å². The molecule has 1 N–H and O–H groups in total. The van der Waals surface area contributed by atoms with Gasteiger partial charge in [0.15, 0.2) is 0 Å². The van der Waals surface area contributed by atoms with Crippen LogP contribution in [0.2, 0.25) is 5.02 Å². The van der Waals surface area contributed by atoms with Crippen molar-refractivity contribution in [1.29, 1.82) is 0 Å². The molecule has 1 heterocycles. The van der Waals surface area contributed by atoms with Gasteiger partial charge >= 0.3 is 0 Å². The maximum atomic E-state index is 13.4. The van der Waals surface area contributed by atoms with Crippen molar-refractivity contribution >= 4 is 35.2 Å². The topological polar surface area (TPSA) is 86.8 Å². The van der Waals surface area contributed by atoms with Crippen LogP contribution in [0.3, 0.4) is 0 Å². The summed E-state index contributed by atoms with van der Waals surface area (Å²) in [5, 5.41) is 3.73. The standard InChI is InChI=1S/C28H32ClN3O4/c1-2-24(26(34)30-21-8-3-4-9-21)32(18-19-13-15-20(29)16-14-19)25(33)12-7-17-31-27(35)22-10-5-6-11-23(22)28(31)36/h5-6,10-11,13-16,21,24H,2-4,7-9,12,17-18H2,1H3,(H,30,34)/t24-/m0/s1. The molecular weight excluding hydrogens is 478 g/mol. The van der Waals surface area contributed by atoms with E-state index in [0.717, 1.165) is 31.2 Å². The molecule has 0 aromatic heterocycles. The Balaban J connectivity index is 1.43. The Morgan fingerprint density at radius 1 is 1.03 bits per heavy atom. The third-order valence-corrected chi connectivity index (χ3v) is 7.26. The van der Waals surface area contributed by atoms with Crippen molar-refractivity contribution in [1.82, 2.24) is 15.1 Å². The van der Waals surface area contributed by atoms with E-state index in [4.69, 9.17) is 11.6 Å². The second kappa shape index (κ2) is 11.7. The lowest BCUT2D eigenvalue weighted by Gasteiger charge is -2.31. The number of carbonyl (C=O) groups excluding carboxylic acids is 4. The highest BCUT2D eigenvalue weighted by atomic mass is 35.5. The van der Waals surface area contributed by atoms with E-state index in [1.54, 1.807) is 41.3 Å². The zero-order valence-corrected chi connectivity index (χ0v) is 21.3. The van der Waals surface area contributed by atoms with Crippen molar-refractivity contribution in [3.8, 4) is 0 Å². The van der Waals surface area contributed by atoms with E-state index < -0.39 is 6.04 Å². The van der Waals surface area contributed by atoms with Gasteiger partial charge in [0.25, 0.3) is 11.8 Å². The van der Waals surface area contributed by atoms with Crippen LogP contribution in [-0.2, 0) is 16.1 Å². The number of carbonyl (C=O) groups is 4. The van der Waals surface area contributed by atoms with Crippen LogP contribution in [0.15, 0.2) is 48.5 Å². The average molecular weight is 510 g/mol. The quantitative estimate of drug-likeness (QED) is 0.475. The first-order valence-electron chi connectivity index (χ1n) is 12.7. The molecule has 8 heteroatoms. The number of rotatable bonds is 10. The van der Waals surface area contributed by atoms with Crippen molar-refractivity contribution < 1.29 is 19.2 Å². The van der Waals surface area contributed by atoms with Gasteiger partial charge in [-0.15, -0.1) is 0 Å². The first-order valence-corrected chi connectivity index (χ1v) is 13.1. The Bertz CT molecular complexity index is 1090. The summed E-state index contributed by atoms with van der Waals surface area (Å²) in [6, 6.07) is 13.5. The van der Waals surface area contributed by atoms with Crippen molar-refractivity contribution in [2.75, 3.05) is 6.54 Å². The van der Waals surface area contributed by atoms with Crippen molar-refractivity contribution in [3.63, 3.8) is 0 Å². The monoisotopic (exact) mass is 509 g/mol. The molecule has 2 aromatic carbocycles. The second-order valence-corrected chi connectivity index (χ2v) is 9.91. The van der Waals surface area contributed by atoms with Gasteiger partial charge in [0.2, 0.25) is 11.8 Å². The number of imide groups is 1. The minimum Gasteiger partial charge on any atom is -0.352 e. The van der Waals surface area contributed by atoms with Gasteiger partial charge in [0.1, 0.15) is 6.04 Å². The molecule has 4 rings (SSSR count). The molecule has 2 aromatic rings. The van der Waals surface area contributed by atoms with Crippen LogP contribution in [0.5, 0.6) is 0 Å². The molecular formula is C28H32ClN3O4. The first-order chi connectivity index (χ1) is 17.4. The van der Waals surface area contributed by atoms with Gasteiger partial charge in [-0.25, -0.2) is 0 Å². The lowest BCUT2D eigenvalue weighted by molar-refractivity contribution is -0.141. The summed E-state index contributed by atoms with van der Waals surface area (Å²) in [4.78, 5) is 54.7. The smallest absolute Gasteiger partial charge is 0.261 e. The van der Waals surface area contributed by atoms with E-state index in [1.807, 2.05) is 19.1 Å². The van der Waals surface area contributed by atoms with Crippen LogP contribution in [0.4, 0.5) is 0 Å². The molecule has 0 saturated heterocycles. The van der Waals surface area contributed by atoms with Crippen LogP contribution >= 0.6 is 11.6 Å². The predicted molar refractivity (Wildman–Crippen MR) is 138 cm³/mol. The normalized spacial score (nSPS) is 16.2. The Morgan fingerprint density at radius 3 is 2.22 bits per heavy atom. The van der Waals surface area contributed by atoms with Crippen LogP contribution in [0.25, 0.3) is 0 Å². The Morgan fingerprint density at radius 2 is 1.64 bits per heavy atom. The number of halogens is 1. The van der Waals surface area contributed by atoms with E-state index in [-0.39, 0.29) is 49.2 Å². The van der Waals surface area contributed by atoms with Crippen LogP contribution in [0.1, 0.15) is 78.1 Å². The fourth-order valence-electron chi connectivity index (χ4n) is 5.05. The van der Waals surface area contributed by atoms with Gasteiger partial charge in [-0.05, 0) is 55.5 Å². The maximum absolute atomic E-state index is 13.4. The molecule has 190 valence electrons. The third kappa shape index (κ3) is 5.78. The van der Waals surface area contributed by atoms with Gasteiger partial charge in [0, 0.05) is 30.6 Å². The van der Waals surface area contributed by atoms with Crippen LogP contribution < -0.4 is 5.32 Å². The minimum atomic E-state index is -0.604. The van der Waals surface area contributed by atoms with Crippen molar-refractivity contribution in [3.05, 3.63) is 70.2 Å².